The van der Waals surface area contributed by atoms with E-state index in [0.717, 1.165) is 10.0 Å². The summed E-state index contributed by atoms with van der Waals surface area (Å²) in [6.45, 7) is 0.250. The zero-order chi connectivity index (χ0) is 18.7. The van der Waals surface area contributed by atoms with Gasteiger partial charge in [0.1, 0.15) is 17.9 Å². The smallest absolute Gasteiger partial charge is 0.263 e. The molecular weight excluding hydrogens is 440 g/mol. The molecule has 0 atom stereocenters. The third kappa shape index (κ3) is 4.30. The first kappa shape index (κ1) is 18.6. The van der Waals surface area contributed by atoms with E-state index >= 15 is 0 Å². The molecule has 8 heteroatoms. The Morgan fingerprint density at radius 1 is 1.12 bits per heavy atom. The second kappa shape index (κ2) is 7.99. The maximum atomic E-state index is 12.0. The Morgan fingerprint density at radius 3 is 2.50 bits per heavy atom. The van der Waals surface area contributed by atoms with Crippen LogP contribution < -0.4 is 15.4 Å². The van der Waals surface area contributed by atoms with Crippen LogP contribution in [-0.4, -0.2) is 16.9 Å². The number of thiocarbonyl (C=S) groups is 1. The molecule has 0 saturated carbocycles. The maximum Gasteiger partial charge on any atom is 0.263 e. The van der Waals surface area contributed by atoms with Gasteiger partial charge in [0, 0.05) is 20.6 Å². The average Bonchev–Trinajstić information content (AvgIpc) is 2.58. The van der Waals surface area contributed by atoms with Crippen molar-refractivity contribution in [2.45, 2.75) is 6.61 Å². The largest absolute Gasteiger partial charge is 0.488 e. The number of carbonyl (C=O) groups excluding carboxylic acids is 2. The van der Waals surface area contributed by atoms with Gasteiger partial charge in [-0.3, -0.25) is 20.2 Å². The molecule has 0 unspecified atom stereocenters. The molecule has 2 N–H and O–H groups in total. The number of halogens is 2. The third-order valence-electron chi connectivity index (χ3n) is 3.56. The minimum atomic E-state index is -0.559. The van der Waals surface area contributed by atoms with E-state index in [-0.39, 0.29) is 17.3 Å². The van der Waals surface area contributed by atoms with E-state index in [1.807, 2.05) is 18.2 Å². The molecule has 2 amide bonds. The highest BCUT2D eigenvalue weighted by atomic mass is 79.9. The van der Waals surface area contributed by atoms with E-state index in [2.05, 4.69) is 26.6 Å². The molecule has 0 bridgehead atoms. The fraction of sp³-hybridized carbons (Fsp3) is 0.0556. The molecule has 1 aliphatic rings. The maximum absolute atomic E-state index is 12.0. The molecular formula is C18H12BrClN2O3S. The molecule has 2 aromatic carbocycles. The molecule has 0 aromatic heterocycles. The SMILES string of the molecule is O=C1NC(=S)NC(=O)C1=Cc1cc(Br)ccc1OCc1ccccc1Cl. The molecule has 26 heavy (non-hydrogen) atoms. The summed E-state index contributed by atoms with van der Waals surface area (Å²) >= 11 is 14.3. The van der Waals surface area contributed by atoms with Gasteiger partial charge < -0.3 is 4.74 Å². The van der Waals surface area contributed by atoms with E-state index in [9.17, 15) is 9.59 Å². The van der Waals surface area contributed by atoms with Crippen LogP contribution in [0.1, 0.15) is 11.1 Å². The van der Waals surface area contributed by atoms with Crippen molar-refractivity contribution >= 4 is 62.8 Å². The molecule has 1 heterocycles. The Morgan fingerprint density at radius 2 is 1.81 bits per heavy atom. The number of amides is 2. The van der Waals surface area contributed by atoms with Crippen LogP contribution in [-0.2, 0) is 16.2 Å². The van der Waals surface area contributed by atoms with Gasteiger partial charge in [0.05, 0.1) is 0 Å². The highest BCUT2D eigenvalue weighted by molar-refractivity contribution is 9.10. The van der Waals surface area contributed by atoms with Crippen molar-refractivity contribution < 1.29 is 14.3 Å². The number of ether oxygens (including phenoxy) is 1. The number of benzene rings is 2. The predicted octanol–water partition coefficient (Wildman–Crippen LogP) is 3.60. The molecule has 0 aliphatic carbocycles. The van der Waals surface area contributed by atoms with Crippen molar-refractivity contribution in [3.63, 3.8) is 0 Å². The summed E-state index contributed by atoms with van der Waals surface area (Å²) in [5.41, 5.74) is 1.34. The van der Waals surface area contributed by atoms with Gasteiger partial charge in [-0.15, -0.1) is 0 Å². The number of hydrogen-bond acceptors (Lipinski definition) is 4. The lowest BCUT2D eigenvalue weighted by atomic mass is 10.1. The lowest BCUT2D eigenvalue weighted by Crippen LogP contribution is -2.51. The van der Waals surface area contributed by atoms with Crippen LogP contribution in [0.15, 0.2) is 52.5 Å². The van der Waals surface area contributed by atoms with Gasteiger partial charge >= 0.3 is 0 Å². The number of carbonyl (C=O) groups is 2. The minimum Gasteiger partial charge on any atom is -0.488 e. The molecule has 2 aromatic rings. The standard InChI is InChI=1S/C18H12BrClN2O3S/c19-12-5-6-15(25-9-10-3-1-2-4-14(10)20)11(7-12)8-13-16(23)21-18(26)22-17(13)24/h1-8H,9H2,(H2,21,22,23,24,26). The van der Waals surface area contributed by atoms with Gasteiger partial charge in [0.15, 0.2) is 5.11 Å². The quantitative estimate of drug-likeness (QED) is 0.423. The zero-order valence-electron chi connectivity index (χ0n) is 13.2. The molecule has 0 radical (unpaired) electrons. The molecule has 1 aliphatic heterocycles. The summed E-state index contributed by atoms with van der Waals surface area (Å²) in [6.07, 6.45) is 1.46. The van der Waals surface area contributed by atoms with Crippen LogP contribution in [0.25, 0.3) is 6.08 Å². The van der Waals surface area contributed by atoms with Gasteiger partial charge in [-0.2, -0.15) is 0 Å². The van der Waals surface area contributed by atoms with E-state index in [1.165, 1.54) is 6.08 Å². The lowest BCUT2D eigenvalue weighted by molar-refractivity contribution is -0.123. The van der Waals surface area contributed by atoms with Crippen LogP contribution in [0.4, 0.5) is 0 Å². The number of rotatable bonds is 4. The second-order valence-electron chi connectivity index (χ2n) is 5.36. The Hall–Kier alpha value is -2.22. The molecule has 132 valence electrons. The first-order valence-corrected chi connectivity index (χ1v) is 9.06. The Kier molecular flexibility index (Phi) is 5.70. The van der Waals surface area contributed by atoms with Crippen LogP contribution in [0, 0.1) is 0 Å². The van der Waals surface area contributed by atoms with E-state index in [0.29, 0.717) is 16.3 Å². The van der Waals surface area contributed by atoms with E-state index < -0.39 is 11.8 Å². The summed E-state index contributed by atoms with van der Waals surface area (Å²) in [4.78, 5) is 24.1. The number of hydrogen-bond donors (Lipinski definition) is 2. The number of nitrogens with one attached hydrogen (secondary N) is 2. The van der Waals surface area contributed by atoms with Crippen LogP contribution in [0.5, 0.6) is 5.75 Å². The van der Waals surface area contributed by atoms with Gasteiger partial charge in [-0.1, -0.05) is 45.7 Å². The normalized spacial score (nSPS) is 13.9. The van der Waals surface area contributed by atoms with Crippen molar-refractivity contribution in [3.8, 4) is 5.75 Å². The summed E-state index contributed by atoms with van der Waals surface area (Å²) in [5.74, 6) is -0.610. The monoisotopic (exact) mass is 450 g/mol. The topological polar surface area (TPSA) is 67.4 Å². The van der Waals surface area contributed by atoms with E-state index in [4.69, 9.17) is 28.6 Å². The molecule has 1 fully saturated rings. The fourth-order valence-electron chi connectivity index (χ4n) is 2.30. The summed E-state index contributed by atoms with van der Waals surface area (Å²) in [5, 5.41) is 5.39. The van der Waals surface area contributed by atoms with Gasteiger partial charge in [-0.25, -0.2) is 0 Å². The van der Waals surface area contributed by atoms with Crippen molar-refractivity contribution in [3.05, 3.63) is 68.7 Å². The molecule has 1 saturated heterocycles. The highest BCUT2D eigenvalue weighted by Gasteiger charge is 2.26. The van der Waals surface area contributed by atoms with Crippen LogP contribution in [0.2, 0.25) is 5.02 Å². The summed E-state index contributed by atoms with van der Waals surface area (Å²) in [6, 6.07) is 12.7. The van der Waals surface area contributed by atoms with Gasteiger partial charge in [-0.05, 0) is 42.6 Å². The summed E-state index contributed by atoms with van der Waals surface area (Å²) in [7, 11) is 0. The fourth-order valence-corrected chi connectivity index (χ4v) is 3.05. The van der Waals surface area contributed by atoms with Crippen LogP contribution in [0.3, 0.4) is 0 Å². The minimum absolute atomic E-state index is 0.0124. The van der Waals surface area contributed by atoms with Crippen molar-refractivity contribution in [2.75, 3.05) is 0 Å². The average molecular weight is 452 g/mol. The Balaban J connectivity index is 1.90. The zero-order valence-corrected chi connectivity index (χ0v) is 16.4. The van der Waals surface area contributed by atoms with Crippen molar-refractivity contribution in [2.24, 2.45) is 0 Å². The Labute approximate surface area is 168 Å². The predicted molar refractivity (Wildman–Crippen MR) is 107 cm³/mol. The molecule has 5 nitrogen and oxygen atoms in total. The van der Waals surface area contributed by atoms with E-state index in [1.54, 1.807) is 24.3 Å². The highest BCUT2D eigenvalue weighted by Crippen LogP contribution is 2.27. The molecule has 0 spiro atoms. The first-order chi connectivity index (χ1) is 12.4. The Bertz CT molecular complexity index is 924. The third-order valence-corrected chi connectivity index (χ3v) is 4.62. The lowest BCUT2D eigenvalue weighted by Gasteiger charge is -2.17. The van der Waals surface area contributed by atoms with Gasteiger partial charge in [0.2, 0.25) is 0 Å². The van der Waals surface area contributed by atoms with Gasteiger partial charge in [0.25, 0.3) is 11.8 Å². The van der Waals surface area contributed by atoms with Crippen LogP contribution >= 0.6 is 39.7 Å². The van der Waals surface area contributed by atoms with Crippen molar-refractivity contribution in [1.82, 2.24) is 10.6 Å². The second-order valence-corrected chi connectivity index (χ2v) is 7.09. The first-order valence-electron chi connectivity index (χ1n) is 7.48. The molecule has 3 rings (SSSR count). The van der Waals surface area contributed by atoms with Crippen molar-refractivity contribution in [1.29, 1.82) is 0 Å². The summed E-state index contributed by atoms with van der Waals surface area (Å²) < 4.78 is 6.63.